The number of ether oxygens (including phenoxy) is 1. The van der Waals surface area contributed by atoms with Crippen LogP contribution < -0.4 is 10.6 Å². The van der Waals surface area contributed by atoms with Crippen LogP contribution in [0, 0.1) is 12.7 Å². The van der Waals surface area contributed by atoms with E-state index in [4.69, 9.17) is 4.74 Å². The topological polar surface area (TPSA) is 63.2 Å². The Morgan fingerprint density at radius 1 is 1.26 bits per heavy atom. The summed E-state index contributed by atoms with van der Waals surface area (Å²) >= 11 is 1.57. The standard InChI is InChI=1S/C24H26FN3O2S/c1-3-30-23-20-7-5-4-6-17(20)12-21(23)28-24(29)22(16-8-10-18(25)11-9-16)26-13-19-14-31-15(2)27-19/h4-11,14,21-23,26H,3,12-13H2,1-2H3,(H,28,29)/t21-,22?,23-/m1/s1. The van der Waals surface area contributed by atoms with Crippen molar-refractivity contribution in [1.29, 1.82) is 0 Å². The molecule has 162 valence electrons. The first-order chi connectivity index (χ1) is 15.0. The molecule has 3 atom stereocenters. The maximum absolute atomic E-state index is 13.5. The summed E-state index contributed by atoms with van der Waals surface area (Å²) in [5, 5.41) is 9.42. The van der Waals surface area contributed by atoms with Gasteiger partial charge >= 0.3 is 0 Å². The van der Waals surface area contributed by atoms with Crippen molar-refractivity contribution in [2.24, 2.45) is 0 Å². The molecule has 0 bridgehead atoms. The van der Waals surface area contributed by atoms with E-state index in [0.717, 1.165) is 16.3 Å². The Morgan fingerprint density at radius 2 is 2.03 bits per heavy atom. The second-order valence-corrected chi connectivity index (χ2v) is 8.68. The molecule has 2 N–H and O–H groups in total. The molecule has 1 heterocycles. The number of aromatic nitrogens is 1. The number of amides is 1. The molecule has 1 aliphatic carbocycles. The van der Waals surface area contributed by atoms with Crippen LogP contribution in [0.25, 0.3) is 0 Å². The average Bonchev–Trinajstić information content (AvgIpc) is 3.33. The number of thiazole rings is 1. The van der Waals surface area contributed by atoms with Crippen LogP contribution in [0.2, 0.25) is 0 Å². The molecule has 0 saturated heterocycles. The zero-order valence-electron chi connectivity index (χ0n) is 17.6. The third kappa shape index (κ3) is 5.01. The number of rotatable bonds is 8. The number of hydrogen-bond donors (Lipinski definition) is 2. The number of nitrogens with one attached hydrogen (secondary N) is 2. The first-order valence-electron chi connectivity index (χ1n) is 10.4. The molecule has 2 aromatic carbocycles. The maximum atomic E-state index is 13.5. The molecule has 0 saturated carbocycles. The molecule has 0 aliphatic heterocycles. The molecule has 1 amide bonds. The summed E-state index contributed by atoms with van der Waals surface area (Å²) in [7, 11) is 0. The Morgan fingerprint density at radius 3 is 2.74 bits per heavy atom. The highest BCUT2D eigenvalue weighted by Gasteiger charge is 2.35. The second-order valence-electron chi connectivity index (χ2n) is 7.62. The van der Waals surface area contributed by atoms with Crippen molar-refractivity contribution in [3.63, 3.8) is 0 Å². The van der Waals surface area contributed by atoms with Gasteiger partial charge in [-0.1, -0.05) is 36.4 Å². The fraction of sp³-hybridized carbons (Fsp3) is 0.333. The number of nitrogens with zero attached hydrogens (tertiary/aromatic N) is 1. The molecule has 0 spiro atoms. The number of fused-ring (bicyclic) bond motifs is 1. The molecular formula is C24H26FN3O2S. The molecule has 1 aliphatic rings. The van der Waals surface area contributed by atoms with Crippen molar-refractivity contribution >= 4 is 17.2 Å². The zero-order valence-corrected chi connectivity index (χ0v) is 18.4. The van der Waals surface area contributed by atoms with Crippen molar-refractivity contribution in [1.82, 2.24) is 15.6 Å². The van der Waals surface area contributed by atoms with Gasteiger partial charge in [0.05, 0.1) is 16.7 Å². The molecule has 31 heavy (non-hydrogen) atoms. The van der Waals surface area contributed by atoms with Gasteiger partial charge in [-0.3, -0.25) is 10.1 Å². The minimum Gasteiger partial charge on any atom is -0.372 e. The molecule has 1 unspecified atom stereocenters. The molecule has 0 radical (unpaired) electrons. The summed E-state index contributed by atoms with van der Waals surface area (Å²) in [6.45, 7) is 4.91. The molecule has 1 aromatic heterocycles. The van der Waals surface area contributed by atoms with E-state index in [1.54, 1.807) is 23.5 Å². The van der Waals surface area contributed by atoms with Crippen LogP contribution in [0.3, 0.4) is 0 Å². The van der Waals surface area contributed by atoms with E-state index in [-0.39, 0.29) is 23.9 Å². The first kappa shape index (κ1) is 21.6. The lowest BCUT2D eigenvalue weighted by Crippen LogP contribution is -2.44. The third-order valence-electron chi connectivity index (χ3n) is 5.46. The summed E-state index contributed by atoms with van der Waals surface area (Å²) < 4.78 is 19.5. The fourth-order valence-electron chi connectivity index (χ4n) is 4.05. The predicted octanol–water partition coefficient (Wildman–Crippen LogP) is 4.24. The van der Waals surface area contributed by atoms with Gasteiger partial charge in [0.15, 0.2) is 0 Å². The average molecular weight is 440 g/mol. The van der Waals surface area contributed by atoms with Gasteiger partial charge in [0.1, 0.15) is 18.0 Å². The van der Waals surface area contributed by atoms with Gasteiger partial charge in [-0.05, 0) is 49.1 Å². The Hall–Kier alpha value is -2.61. The van der Waals surface area contributed by atoms with E-state index >= 15 is 0 Å². The smallest absolute Gasteiger partial charge is 0.242 e. The molecular weight excluding hydrogens is 413 g/mol. The molecule has 7 heteroatoms. The number of hydrogen-bond acceptors (Lipinski definition) is 5. The highest BCUT2D eigenvalue weighted by atomic mass is 32.1. The lowest BCUT2D eigenvalue weighted by molar-refractivity contribution is -0.125. The largest absolute Gasteiger partial charge is 0.372 e. The SMILES string of the molecule is CCO[C@@H]1c2ccccc2C[C@H]1NC(=O)C(NCc1csc(C)n1)c1ccc(F)cc1. The summed E-state index contributed by atoms with van der Waals surface area (Å²) in [6.07, 6.45) is 0.536. The van der Waals surface area contributed by atoms with E-state index in [9.17, 15) is 9.18 Å². The zero-order chi connectivity index (χ0) is 21.8. The predicted molar refractivity (Wildman–Crippen MR) is 119 cm³/mol. The van der Waals surface area contributed by atoms with Crippen LogP contribution in [-0.2, 0) is 22.5 Å². The molecule has 5 nitrogen and oxygen atoms in total. The Labute approximate surface area is 185 Å². The monoisotopic (exact) mass is 439 g/mol. The first-order valence-corrected chi connectivity index (χ1v) is 11.3. The molecule has 4 rings (SSSR count). The van der Waals surface area contributed by atoms with Crippen LogP contribution >= 0.6 is 11.3 Å². The maximum Gasteiger partial charge on any atom is 0.242 e. The van der Waals surface area contributed by atoms with Crippen LogP contribution in [0.4, 0.5) is 4.39 Å². The fourth-order valence-corrected chi connectivity index (χ4v) is 4.66. The van der Waals surface area contributed by atoms with Crippen LogP contribution in [0.1, 0.15) is 46.5 Å². The minimum absolute atomic E-state index is 0.156. The quantitative estimate of drug-likeness (QED) is 0.551. The molecule has 0 fully saturated rings. The van der Waals surface area contributed by atoms with Gasteiger partial charge in [-0.15, -0.1) is 11.3 Å². The van der Waals surface area contributed by atoms with E-state index in [1.165, 1.54) is 17.7 Å². The van der Waals surface area contributed by atoms with E-state index in [0.29, 0.717) is 25.1 Å². The highest BCUT2D eigenvalue weighted by Crippen LogP contribution is 2.34. The van der Waals surface area contributed by atoms with Gasteiger partial charge < -0.3 is 10.1 Å². The van der Waals surface area contributed by atoms with E-state index < -0.39 is 6.04 Å². The van der Waals surface area contributed by atoms with Crippen molar-refractivity contribution in [3.05, 3.63) is 87.1 Å². The van der Waals surface area contributed by atoms with Gasteiger partial charge in [-0.25, -0.2) is 9.37 Å². The van der Waals surface area contributed by atoms with Gasteiger partial charge in [-0.2, -0.15) is 0 Å². The Balaban J connectivity index is 1.53. The van der Waals surface area contributed by atoms with E-state index in [2.05, 4.69) is 27.8 Å². The van der Waals surface area contributed by atoms with Crippen molar-refractivity contribution in [2.75, 3.05) is 6.61 Å². The minimum atomic E-state index is -0.631. The highest BCUT2D eigenvalue weighted by molar-refractivity contribution is 7.09. The van der Waals surface area contributed by atoms with Crippen molar-refractivity contribution < 1.29 is 13.9 Å². The van der Waals surface area contributed by atoms with Crippen molar-refractivity contribution in [3.8, 4) is 0 Å². The number of carbonyl (C=O) groups excluding carboxylic acids is 1. The second kappa shape index (κ2) is 9.68. The number of benzene rings is 2. The van der Waals surface area contributed by atoms with Crippen LogP contribution in [0.15, 0.2) is 53.9 Å². The Bertz CT molecular complexity index is 1040. The molecule has 3 aromatic rings. The Kier molecular flexibility index (Phi) is 6.75. The third-order valence-corrected chi connectivity index (χ3v) is 6.28. The van der Waals surface area contributed by atoms with E-state index in [1.807, 2.05) is 31.4 Å². The van der Waals surface area contributed by atoms with Gasteiger partial charge in [0.2, 0.25) is 5.91 Å². The number of carbonyl (C=O) groups is 1. The van der Waals surface area contributed by atoms with Gasteiger partial charge in [0.25, 0.3) is 0 Å². The lowest BCUT2D eigenvalue weighted by atomic mass is 10.0. The summed E-state index contributed by atoms with van der Waals surface area (Å²) in [5.41, 5.74) is 3.89. The van der Waals surface area contributed by atoms with Crippen molar-refractivity contribution in [2.45, 2.75) is 45.0 Å². The van der Waals surface area contributed by atoms with Crippen LogP contribution in [-0.4, -0.2) is 23.5 Å². The number of aryl methyl sites for hydroxylation is 1. The summed E-state index contributed by atoms with van der Waals surface area (Å²) in [4.78, 5) is 17.8. The normalized spacial score (nSPS) is 18.5. The summed E-state index contributed by atoms with van der Waals surface area (Å²) in [5.74, 6) is -0.498. The van der Waals surface area contributed by atoms with Crippen LogP contribution in [0.5, 0.6) is 0 Å². The summed E-state index contributed by atoms with van der Waals surface area (Å²) in [6, 6.07) is 13.4. The lowest BCUT2D eigenvalue weighted by Gasteiger charge is -2.25. The number of halogens is 1. The van der Waals surface area contributed by atoms with Gasteiger partial charge in [0, 0.05) is 18.5 Å².